The molecule has 2 rings (SSSR count). The molecule has 1 heterocycles. The summed E-state index contributed by atoms with van der Waals surface area (Å²) in [7, 11) is 0. The highest BCUT2D eigenvalue weighted by molar-refractivity contribution is 7.07. The normalized spacial score (nSPS) is 30.5. The van der Waals surface area contributed by atoms with Crippen molar-refractivity contribution in [1.29, 1.82) is 0 Å². The summed E-state index contributed by atoms with van der Waals surface area (Å²) in [6, 6.07) is 2.19. The van der Waals surface area contributed by atoms with Crippen molar-refractivity contribution in [3.63, 3.8) is 0 Å². The number of nitrogens with one attached hydrogen (secondary N) is 1. The minimum absolute atomic E-state index is 0.190. The van der Waals surface area contributed by atoms with E-state index in [2.05, 4.69) is 29.1 Å². The quantitative estimate of drug-likeness (QED) is 0.804. The van der Waals surface area contributed by atoms with Gasteiger partial charge < -0.3 is 5.32 Å². The fourth-order valence-corrected chi connectivity index (χ4v) is 3.39. The molecular weight excluding hydrogens is 238 g/mol. The lowest BCUT2D eigenvalue weighted by molar-refractivity contribution is 0.216. The Morgan fingerprint density at radius 2 is 2.25 bits per heavy atom. The molecule has 0 aromatic carbocycles. The van der Waals surface area contributed by atoms with Gasteiger partial charge in [0.05, 0.1) is 0 Å². The van der Waals surface area contributed by atoms with Crippen molar-refractivity contribution in [3.8, 4) is 0 Å². The highest BCUT2D eigenvalue weighted by atomic mass is 35.5. The van der Waals surface area contributed by atoms with Crippen molar-refractivity contribution < 1.29 is 0 Å². The van der Waals surface area contributed by atoms with Gasteiger partial charge in [0.2, 0.25) is 0 Å². The first-order valence-electron chi connectivity index (χ1n) is 6.06. The van der Waals surface area contributed by atoms with Crippen LogP contribution >= 0.6 is 22.9 Å². The van der Waals surface area contributed by atoms with Gasteiger partial charge in [0.25, 0.3) is 0 Å². The molecule has 1 fully saturated rings. The summed E-state index contributed by atoms with van der Waals surface area (Å²) in [6.45, 7) is 3.31. The maximum Gasteiger partial charge on any atom is 0.0406 e. The molecule has 0 spiro atoms. The smallest absolute Gasteiger partial charge is 0.0406 e. The van der Waals surface area contributed by atoms with E-state index in [0.717, 1.165) is 18.3 Å². The zero-order valence-electron chi connectivity index (χ0n) is 9.84. The van der Waals surface area contributed by atoms with Gasteiger partial charge in [-0.15, -0.1) is 11.6 Å². The third kappa shape index (κ3) is 2.99. The predicted octanol–water partition coefficient (Wildman–Crippen LogP) is 4.03. The van der Waals surface area contributed by atoms with Gasteiger partial charge in [-0.25, -0.2) is 0 Å². The van der Waals surface area contributed by atoms with Gasteiger partial charge in [-0.2, -0.15) is 11.3 Å². The molecule has 1 nitrogen and oxygen atoms in total. The molecule has 1 N–H and O–H groups in total. The van der Waals surface area contributed by atoms with Crippen LogP contribution in [-0.2, 0) is 6.54 Å². The van der Waals surface area contributed by atoms with Crippen LogP contribution in [0.25, 0.3) is 0 Å². The second-order valence-electron chi connectivity index (χ2n) is 5.08. The Hall–Kier alpha value is -0.0500. The maximum atomic E-state index is 6.17. The molecule has 90 valence electrons. The maximum absolute atomic E-state index is 6.17. The topological polar surface area (TPSA) is 12.0 Å². The number of hydrogen-bond donors (Lipinski definition) is 1. The molecule has 16 heavy (non-hydrogen) atoms. The van der Waals surface area contributed by atoms with Gasteiger partial charge >= 0.3 is 0 Å². The average Bonchev–Trinajstić information content (AvgIpc) is 2.82. The van der Waals surface area contributed by atoms with E-state index in [1.54, 1.807) is 11.3 Å². The molecule has 0 atom stereocenters. The monoisotopic (exact) mass is 257 g/mol. The van der Waals surface area contributed by atoms with E-state index in [9.17, 15) is 0 Å². The molecule has 0 bridgehead atoms. The number of halogens is 1. The molecule has 0 aliphatic heterocycles. The zero-order chi connectivity index (χ0) is 11.4. The van der Waals surface area contributed by atoms with Crippen molar-refractivity contribution in [2.24, 2.45) is 5.92 Å². The first-order chi connectivity index (χ1) is 7.74. The van der Waals surface area contributed by atoms with E-state index in [-0.39, 0.29) is 5.54 Å². The van der Waals surface area contributed by atoms with Crippen LogP contribution in [0.2, 0.25) is 0 Å². The second-order valence-corrected chi connectivity index (χ2v) is 6.13. The lowest BCUT2D eigenvalue weighted by Crippen LogP contribution is -2.48. The molecule has 1 aromatic heterocycles. The highest BCUT2D eigenvalue weighted by Crippen LogP contribution is 2.33. The van der Waals surface area contributed by atoms with Crippen LogP contribution in [0.15, 0.2) is 16.8 Å². The molecule has 3 heteroatoms. The van der Waals surface area contributed by atoms with E-state index in [0.29, 0.717) is 0 Å². The third-order valence-corrected chi connectivity index (χ3v) is 4.98. The minimum atomic E-state index is 0.190. The first kappa shape index (κ1) is 12.4. The van der Waals surface area contributed by atoms with Gasteiger partial charge in [-0.05, 0) is 54.0 Å². The Morgan fingerprint density at radius 3 is 2.81 bits per heavy atom. The first-order valence-corrected chi connectivity index (χ1v) is 7.54. The SMILES string of the molecule is CC1CCC(CCl)(NCc2ccsc2)CC1. The molecule has 0 amide bonds. The van der Waals surface area contributed by atoms with Crippen molar-refractivity contribution in [3.05, 3.63) is 22.4 Å². The Kier molecular flexibility index (Phi) is 4.28. The van der Waals surface area contributed by atoms with Crippen LogP contribution in [0.5, 0.6) is 0 Å². The van der Waals surface area contributed by atoms with E-state index in [4.69, 9.17) is 11.6 Å². The molecule has 1 aliphatic rings. The highest BCUT2D eigenvalue weighted by Gasteiger charge is 2.32. The van der Waals surface area contributed by atoms with Crippen LogP contribution < -0.4 is 5.32 Å². The minimum Gasteiger partial charge on any atom is -0.306 e. The summed E-state index contributed by atoms with van der Waals surface area (Å²) in [5.41, 5.74) is 1.57. The summed E-state index contributed by atoms with van der Waals surface area (Å²) >= 11 is 7.93. The summed E-state index contributed by atoms with van der Waals surface area (Å²) in [6.07, 6.45) is 5.07. The Morgan fingerprint density at radius 1 is 1.50 bits per heavy atom. The number of thiophene rings is 1. The standard InChI is InChI=1S/C13H20ClNS/c1-11-2-5-13(10-14,6-3-11)15-8-12-4-7-16-9-12/h4,7,9,11,15H,2-3,5-6,8,10H2,1H3. The van der Waals surface area contributed by atoms with Crippen LogP contribution in [0, 0.1) is 5.92 Å². The third-order valence-electron chi connectivity index (χ3n) is 3.73. The molecule has 1 aromatic rings. The number of alkyl halides is 1. The van der Waals surface area contributed by atoms with Gasteiger partial charge in [0.15, 0.2) is 0 Å². The van der Waals surface area contributed by atoms with Gasteiger partial charge in [0, 0.05) is 18.0 Å². The Labute approximate surface area is 107 Å². The zero-order valence-corrected chi connectivity index (χ0v) is 11.4. The van der Waals surface area contributed by atoms with Crippen LogP contribution in [0.1, 0.15) is 38.2 Å². The fraction of sp³-hybridized carbons (Fsp3) is 0.692. The summed E-state index contributed by atoms with van der Waals surface area (Å²) in [5, 5.41) is 8.02. The Bertz CT molecular complexity index is 302. The fourth-order valence-electron chi connectivity index (χ4n) is 2.36. The lowest BCUT2D eigenvalue weighted by Gasteiger charge is -2.39. The van der Waals surface area contributed by atoms with E-state index < -0.39 is 0 Å². The summed E-state index contributed by atoms with van der Waals surface area (Å²) in [5.74, 6) is 1.61. The van der Waals surface area contributed by atoms with Crippen LogP contribution in [0.4, 0.5) is 0 Å². The molecule has 0 saturated heterocycles. The molecule has 0 radical (unpaired) electrons. The van der Waals surface area contributed by atoms with Crippen molar-refractivity contribution >= 4 is 22.9 Å². The summed E-state index contributed by atoms with van der Waals surface area (Å²) in [4.78, 5) is 0. The van der Waals surface area contributed by atoms with Crippen molar-refractivity contribution in [2.75, 3.05) is 5.88 Å². The Balaban J connectivity index is 1.89. The molecular formula is C13H20ClNS. The predicted molar refractivity (Wildman–Crippen MR) is 72.2 cm³/mol. The lowest BCUT2D eigenvalue weighted by atomic mass is 9.78. The van der Waals surface area contributed by atoms with Crippen molar-refractivity contribution in [1.82, 2.24) is 5.32 Å². The van der Waals surface area contributed by atoms with Crippen LogP contribution in [0.3, 0.4) is 0 Å². The van der Waals surface area contributed by atoms with E-state index in [1.807, 2.05) is 0 Å². The van der Waals surface area contributed by atoms with Crippen molar-refractivity contribution in [2.45, 2.75) is 44.7 Å². The van der Waals surface area contributed by atoms with Gasteiger partial charge in [-0.1, -0.05) is 6.92 Å². The van der Waals surface area contributed by atoms with E-state index in [1.165, 1.54) is 31.2 Å². The second kappa shape index (κ2) is 5.52. The van der Waals surface area contributed by atoms with Gasteiger partial charge in [0.1, 0.15) is 0 Å². The molecule has 1 saturated carbocycles. The number of rotatable bonds is 4. The van der Waals surface area contributed by atoms with Gasteiger partial charge in [-0.3, -0.25) is 0 Å². The number of hydrogen-bond acceptors (Lipinski definition) is 2. The average molecular weight is 258 g/mol. The molecule has 0 unspecified atom stereocenters. The largest absolute Gasteiger partial charge is 0.306 e. The summed E-state index contributed by atoms with van der Waals surface area (Å²) < 4.78 is 0. The van der Waals surface area contributed by atoms with Crippen LogP contribution in [-0.4, -0.2) is 11.4 Å². The van der Waals surface area contributed by atoms with E-state index >= 15 is 0 Å². The molecule has 1 aliphatic carbocycles.